The maximum atomic E-state index is 10.2. The molecule has 1 aliphatic heterocycles. The standard InChI is InChI=1S/C20H27N3O2S/c1-2-21-20(22-13-18(24)19-9-6-12-25-19)23-11-10-16(14-23)15-26-17-7-4-3-5-8-17/h3-9,12,16,18,24H,2,10-11,13-15H2,1H3,(H,21,22). The molecule has 0 spiro atoms. The van der Waals surface area contributed by atoms with Crippen LogP contribution in [0.3, 0.4) is 0 Å². The van der Waals surface area contributed by atoms with Crippen LogP contribution in [0.25, 0.3) is 0 Å². The number of aliphatic hydroxyl groups excluding tert-OH is 1. The van der Waals surface area contributed by atoms with Crippen molar-refractivity contribution in [2.75, 3.05) is 31.9 Å². The molecule has 0 bridgehead atoms. The van der Waals surface area contributed by atoms with E-state index >= 15 is 0 Å². The first-order chi connectivity index (χ1) is 12.8. The first-order valence-corrected chi connectivity index (χ1v) is 10.2. The Bertz CT molecular complexity index is 676. The summed E-state index contributed by atoms with van der Waals surface area (Å²) in [6, 6.07) is 14.1. The molecule has 1 aliphatic rings. The van der Waals surface area contributed by atoms with E-state index in [9.17, 15) is 5.11 Å². The Balaban J connectivity index is 1.52. The van der Waals surface area contributed by atoms with Gasteiger partial charge in [0, 0.05) is 30.3 Å². The Morgan fingerprint density at radius 2 is 2.19 bits per heavy atom. The zero-order valence-electron chi connectivity index (χ0n) is 15.2. The van der Waals surface area contributed by atoms with Gasteiger partial charge in [0.25, 0.3) is 0 Å². The van der Waals surface area contributed by atoms with Crippen LogP contribution in [-0.4, -0.2) is 47.9 Å². The Morgan fingerprint density at radius 3 is 2.92 bits per heavy atom. The molecule has 1 aromatic carbocycles. The van der Waals surface area contributed by atoms with Crippen molar-refractivity contribution in [2.45, 2.75) is 24.3 Å². The van der Waals surface area contributed by atoms with Crippen molar-refractivity contribution in [3.05, 3.63) is 54.5 Å². The summed E-state index contributed by atoms with van der Waals surface area (Å²) in [6.45, 7) is 5.19. The lowest BCUT2D eigenvalue weighted by Crippen LogP contribution is -2.40. The quantitative estimate of drug-likeness (QED) is 0.443. The number of nitrogens with one attached hydrogen (secondary N) is 1. The fraction of sp³-hybridized carbons (Fsp3) is 0.450. The molecule has 1 fully saturated rings. The van der Waals surface area contributed by atoms with Crippen LogP contribution in [0.5, 0.6) is 0 Å². The highest BCUT2D eigenvalue weighted by molar-refractivity contribution is 7.99. The summed E-state index contributed by atoms with van der Waals surface area (Å²) in [5.41, 5.74) is 0. The molecular formula is C20H27N3O2S. The summed E-state index contributed by atoms with van der Waals surface area (Å²) in [5.74, 6) is 3.21. The van der Waals surface area contributed by atoms with Crippen LogP contribution in [0.1, 0.15) is 25.2 Å². The minimum atomic E-state index is -0.703. The molecule has 2 aromatic rings. The predicted molar refractivity (Wildman–Crippen MR) is 106 cm³/mol. The van der Waals surface area contributed by atoms with E-state index in [1.54, 1.807) is 18.4 Å². The molecule has 2 unspecified atom stereocenters. The number of guanidine groups is 1. The highest BCUT2D eigenvalue weighted by atomic mass is 32.2. The first-order valence-electron chi connectivity index (χ1n) is 9.19. The SMILES string of the molecule is CCNC(=NCC(O)c1ccco1)N1CCC(CSc2ccccc2)C1. The average molecular weight is 374 g/mol. The summed E-state index contributed by atoms with van der Waals surface area (Å²) in [5, 5.41) is 13.5. The zero-order chi connectivity index (χ0) is 18.2. The van der Waals surface area contributed by atoms with Crippen LogP contribution in [0, 0.1) is 5.92 Å². The molecule has 1 aromatic heterocycles. The van der Waals surface area contributed by atoms with Gasteiger partial charge in [-0.25, -0.2) is 4.99 Å². The number of aliphatic hydroxyl groups is 1. The minimum Gasteiger partial charge on any atom is -0.467 e. The first kappa shape index (κ1) is 18.9. The van der Waals surface area contributed by atoms with Gasteiger partial charge in [0.15, 0.2) is 5.96 Å². The number of thioether (sulfide) groups is 1. The number of likely N-dealkylation sites (tertiary alicyclic amines) is 1. The van der Waals surface area contributed by atoms with Crippen LogP contribution in [0.2, 0.25) is 0 Å². The Morgan fingerprint density at radius 1 is 1.35 bits per heavy atom. The van der Waals surface area contributed by atoms with E-state index in [1.807, 2.05) is 11.8 Å². The number of nitrogens with zero attached hydrogens (tertiary/aromatic N) is 2. The molecule has 6 heteroatoms. The van der Waals surface area contributed by atoms with Crippen molar-refractivity contribution < 1.29 is 9.52 Å². The Labute approximate surface area is 159 Å². The zero-order valence-corrected chi connectivity index (χ0v) is 16.0. The van der Waals surface area contributed by atoms with E-state index in [2.05, 4.69) is 52.5 Å². The molecule has 140 valence electrons. The predicted octanol–water partition coefficient (Wildman–Crippen LogP) is 3.39. The van der Waals surface area contributed by atoms with E-state index in [0.717, 1.165) is 31.3 Å². The second-order valence-electron chi connectivity index (χ2n) is 6.45. The Kier molecular flexibility index (Phi) is 7.03. The molecule has 1 saturated heterocycles. The van der Waals surface area contributed by atoms with Gasteiger partial charge >= 0.3 is 0 Å². The van der Waals surface area contributed by atoms with Crippen LogP contribution >= 0.6 is 11.8 Å². The van der Waals surface area contributed by atoms with E-state index in [0.29, 0.717) is 18.2 Å². The number of benzene rings is 1. The Hall–Kier alpha value is -1.92. The lowest BCUT2D eigenvalue weighted by Gasteiger charge is -2.22. The van der Waals surface area contributed by atoms with Gasteiger partial charge in [-0.15, -0.1) is 11.8 Å². The molecule has 0 aliphatic carbocycles. The second-order valence-corrected chi connectivity index (χ2v) is 7.54. The van der Waals surface area contributed by atoms with Gasteiger partial charge in [-0.05, 0) is 43.5 Å². The van der Waals surface area contributed by atoms with Crippen molar-refractivity contribution in [3.63, 3.8) is 0 Å². The van der Waals surface area contributed by atoms with Crippen LogP contribution in [0.4, 0.5) is 0 Å². The maximum Gasteiger partial charge on any atom is 0.194 e. The molecule has 0 saturated carbocycles. The molecular weight excluding hydrogens is 346 g/mol. The monoisotopic (exact) mass is 373 g/mol. The summed E-state index contributed by atoms with van der Waals surface area (Å²) in [7, 11) is 0. The van der Waals surface area contributed by atoms with Gasteiger partial charge in [0.1, 0.15) is 11.9 Å². The third-order valence-electron chi connectivity index (χ3n) is 4.43. The maximum absolute atomic E-state index is 10.2. The van der Waals surface area contributed by atoms with E-state index in [1.165, 1.54) is 11.3 Å². The van der Waals surface area contributed by atoms with Gasteiger partial charge in [-0.1, -0.05) is 18.2 Å². The third kappa shape index (κ3) is 5.29. The number of aliphatic imine (C=N–C) groups is 1. The fourth-order valence-corrected chi connectivity index (χ4v) is 4.11. The average Bonchev–Trinajstić information content (AvgIpc) is 3.36. The molecule has 2 atom stereocenters. The fourth-order valence-electron chi connectivity index (χ4n) is 3.06. The van der Waals surface area contributed by atoms with Gasteiger partial charge in [0.05, 0.1) is 12.8 Å². The van der Waals surface area contributed by atoms with Crippen molar-refractivity contribution in [1.29, 1.82) is 0 Å². The number of furan rings is 1. The summed E-state index contributed by atoms with van der Waals surface area (Å²) in [4.78, 5) is 8.25. The molecule has 26 heavy (non-hydrogen) atoms. The van der Waals surface area contributed by atoms with Crippen LogP contribution in [0.15, 0.2) is 63.0 Å². The molecule has 3 rings (SSSR count). The largest absolute Gasteiger partial charge is 0.467 e. The lowest BCUT2D eigenvalue weighted by molar-refractivity contribution is 0.158. The van der Waals surface area contributed by atoms with E-state index in [4.69, 9.17) is 4.42 Å². The number of hydrogen-bond donors (Lipinski definition) is 2. The van der Waals surface area contributed by atoms with E-state index in [-0.39, 0.29) is 0 Å². The second kappa shape index (κ2) is 9.69. The van der Waals surface area contributed by atoms with Crippen LogP contribution in [-0.2, 0) is 0 Å². The summed E-state index contributed by atoms with van der Waals surface area (Å²) >= 11 is 1.92. The highest BCUT2D eigenvalue weighted by Crippen LogP contribution is 2.26. The van der Waals surface area contributed by atoms with Gasteiger partial charge in [-0.3, -0.25) is 0 Å². The summed E-state index contributed by atoms with van der Waals surface area (Å²) < 4.78 is 5.25. The minimum absolute atomic E-state index is 0.301. The molecule has 2 heterocycles. The smallest absolute Gasteiger partial charge is 0.194 e. The molecule has 5 nitrogen and oxygen atoms in total. The van der Waals surface area contributed by atoms with Gasteiger partial charge < -0.3 is 19.7 Å². The van der Waals surface area contributed by atoms with Crippen molar-refractivity contribution >= 4 is 17.7 Å². The van der Waals surface area contributed by atoms with Crippen LogP contribution < -0.4 is 5.32 Å². The lowest BCUT2D eigenvalue weighted by atomic mass is 10.2. The van der Waals surface area contributed by atoms with Crippen molar-refractivity contribution in [1.82, 2.24) is 10.2 Å². The third-order valence-corrected chi connectivity index (χ3v) is 5.68. The van der Waals surface area contributed by atoms with Crippen molar-refractivity contribution in [3.8, 4) is 0 Å². The van der Waals surface area contributed by atoms with Gasteiger partial charge in [-0.2, -0.15) is 0 Å². The molecule has 0 amide bonds. The summed E-state index contributed by atoms with van der Waals surface area (Å²) in [6.07, 6.45) is 2.04. The highest BCUT2D eigenvalue weighted by Gasteiger charge is 2.25. The van der Waals surface area contributed by atoms with Crippen molar-refractivity contribution in [2.24, 2.45) is 10.9 Å². The number of rotatable bonds is 7. The molecule has 2 N–H and O–H groups in total. The van der Waals surface area contributed by atoms with Gasteiger partial charge in [0.2, 0.25) is 0 Å². The number of hydrogen-bond acceptors (Lipinski definition) is 4. The topological polar surface area (TPSA) is 61.0 Å². The van der Waals surface area contributed by atoms with E-state index < -0.39 is 6.10 Å². The molecule has 0 radical (unpaired) electrons. The normalized spacial score (nSPS) is 18.9.